The van der Waals surface area contributed by atoms with Crippen LogP contribution in [0.4, 0.5) is 11.6 Å². The quantitative estimate of drug-likeness (QED) is 0.438. The number of ether oxygens (including phenoxy) is 1. The molecule has 0 saturated carbocycles. The average Bonchev–Trinajstić information content (AvgIpc) is 2.63. The van der Waals surface area contributed by atoms with E-state index in [9.17, 15) is 0 Å². The molecule has 0 radical (unpaired) electrons. The van der Waals surface area contributed by atoms with Crippen LogP contribution in [0.3, 0.4) is 0 Å². The molecule has 0 bridgehead atoms. The summed E-state index contributed by atoms with van der Waals surface area (Å²) in [5.41, 5.74) is 3.55. The molecule has 0 unspecified atom stereocenters. The first-order chi connectivity index (χ1) is 13.4. The van der Waals surface area contributed by atoms with Gasteiger partial charge in [-0.05, 0) is 56.8 Å². The first-order valence-corrected chi connectivity index (χ1v) is 9.77. The van der Waals surface area contributed by atoms with Crippen molar-refractivity contribution in [3.05, 3.63) is 46.2 Å². The first kappa shape index (κ1) is 20.4. The molecule has 2 heterocycles. The molecule has 0 amide bonds. The molecule has 1 aromatic carbocycles. The fraction of sp³-hybridized carbons (Fsp3) is 0.368. The van der Waals surface area contributed by atoms with Gasteiger partial charge in [-0.1, -0.05) is 17.7 Å². The van der Waals surface area contributed by atoms with Crippen LogP contribution in [-0.4, -0.2) is 52.2 Å². The smallest absolute Gasteiger partial charge is 0.229 e. The molecule has 1 saturated heterocycles. The molecule has 0 aliphatic carbocycles. The summed E-state index contributed by atoms with van der Waals surface area (Å²) in [5.74, 6) is 1.06. The van der Waals surface area contributed by atoms with Crippen molar-refractivity contribution in [2.24, 2.45) is 4.99 Å². The highest BCUT2D eigenvalue weighted by molar-refractivity contribution is 7.80. The maximum atomic E-state index is 6.29. The van der Waals surface area contributed by atoms with Crippen molar-refractivity contribution in [1.29, 1.82) is 0 Å². The molecular formula is C19H23ClN6OS. The van der Waals surface area contributed by atoms with E-state index in [1.54, 1.807) is 0 Å². The standard InChI is InChI=1S/C19H23ClN6OS/c1-12-4-5-16(15(20)10-12)23-19(28)25-18(26-6-8-27-9-7-26)24-17-21-13(2)11-14(3)22-17/h4-5,10-11H,6-9H2,1-3H3,(H2,21,22,23,24,25,28). The van der Waals surface area contributed by atoms with Gasteiger partial charge in [-0.3, -0.25) is 5.32 Å². The lowest BCUT2D eigenvalue weighted by Gasteiger charge is -2.29. The van der Waals surface area contributed by atoms with Gasteiger partial charge in [0.25, 0.3) is 0 Å². The summed E-state index contributed by atoms with van der Waals surface area (Å²) in [5, 5.41) is 7.19. The average molecular weight is 419 g/mol. The first-order valence-electron chi connectivity index (χ1n) is 8.98. The van der Waals surface area contributed by atoms with Gasteiger partial charge in [0, 0.05) is 24.5 Å². The van der Waals surface area contributed by atoms with E-state index >= 15 is 0 Å². The number of morpholine rings is 1. The Morgan fingerprint density at radius 2 is 1.79 bits per heavy atom. The molecule has 2 N–H and O–H groups in total. The van der Waals surface area contributed by atoms with E-state index in [1.165, 1.54) is 0 Å². The molecule has 0 atom stereocenters. The summed E-state index contributed by atoms with van der Waals surface area (Å²) in [4.78, 5) is 15.5. The summed E-state index contributed by atoms with van der Waals surface area (Å²) in [6, 6.07) is 7.64. The van der Waals surface area contributed by atoms with Gasteiger partial charge < -0.3 is 15.0 Å². The third-order valence-corrected chi connectivity index (χ3v) is 4.60. The molecule has 0 spiro atoms. The van der Waals surface area contributed by atoms with Gasteiger partial charge in [0.2, 0.25) is 17.0 Å². The van der Waals surface area contributed by atoms with Crippen molar-refractivity contribution in [2.75, 3.05) is 36.9 Å². The minimum Gasteiger partial charge on any atom is -0.378 e. The zero-order chi connectivity index (χ0) is 20.1. The van der Waals surface area contributed by atoms with Crippen LogP contribution in [0.2, 0.25) is 5.02 Å². The van der Waals surface area contributed by atoms with E-state index in [-0.39, 0.29) is 0 Å². The molecule has 148 valence electrons. The second kappa shape index (κ2) is 9.27. The van der Waals surface area contributed by atoms with Gasteiger partial charge in [0.1, 0.15) is 0 Å². The van der Waals surface area contributed by atoms with Crippen molar-refractivity contribution in [3.8, 4) is 0 Å². The summed E-state index contributed by atoms with van der Waals surface area (Å²) < 4.78 is 5.44. The van der Waals surface area contributed by atoms with Crippen LogP contribution in [0.25, 0.3) is 0 Å². The molecule has 9 heteroatoms. The van der Waals surface area contributed by atoms with Gasteiger partial charge >= 0.3 is 0 Å². The van der Waals surface area contributed by atoms with Crippen LogP contribution in [0, 0.1) is 20.8 Å². The summed E-state index contributed by atoms with van der Waals surface area (Å²) in [7, 11) is 0. The lowest BCUT2D eigenvalue weighted by Crippen LogP contribution is -2.45. The Kier molecular flexibility index (Phi) is 6.77. The number of hydrogen-bond acceptors (Lipinski definition) is 4. The lowest BCUT2D eigenvalue weighted by molar-refractivity contribution is 0.0680. The number of hydrogen-bond donors (Lipinski definition) is 2. The van der Waals surface area contributed by atoms with Crippen LogP contribution in [0.5, 0.6) is 0 Å². The highest BCUT2D eigenvalue weighted by Crippen LogP contribution is 2.23. The lowest BCUT2D eigenvalue weighted by atomic mass is 10.2. The van der Waals surface area contributed by atoms with E-state index in [1.807, 2.05) is 45.0 Å². The Labute approximate surface area is 175 Å². The maximum Gasteiger partial charge on any atom is 0.229 e. The van der Waals surface area contributed by atoms with Gasteiger partial charge in [-0.15, -0.1) is 0 Å². The van der Waals surface area contributed by atoms with E-state index in [4.69, 9.17) is 28.6 Å². The monoisotopic (exact) mass is 418 g/mol. The molecular weight excluding hydrogens is 396 g/mol. The summed E-state index contributed by atoms with van der Waals surface area (Å²) in [6.07, 6.45) is 0. The molecule has 1 aliphatic rings. The number of aliphatic imine (C=N–C) groups is 1. The zero-order valence-corrected chi connectivity index (χ0v) is 17.7. The van der Waals surface area contributed by atoms with Crippen LogP contribution in [0.15, 0.2) is 29.3 Å². The molecule has 28 heavy (non-hydrogen) atoms. The Morgan fingerprint density at radius 1 is 1.11 bits per heavy atom. The van der Waals surface area contributed by atoms with Gasteiger partial charge in [-0.2, -0.15) is 4.99 Å². The van der Waals surface area contributed by atoms with Crippen molar-refractivity contribution < 1.29 is 4.74 Å². The van der Waals surface area contributed by atoms with Crippen LogP contribution < -0.4 is 10.6 Å². The Balaban J connectivity index is 1.83. The van der Waals surface area contributed by atoms with Gasteiger partial charge in [0.05, 0.1) is 23.9 Å². The number of rotatable bonds is 2. The normalized spacial score (nSPS) is 14.7. The van der Waals surface area contributed by atoms with Gasteiger partial charge in [0.15, 0.2) is 0 Å². The van der Waals surface area contributed by atoms with Crippen LogP contribution >= 0.6 is 23.8 Å². The zero-order valence-electron chi connectivity index (χ0n) is 16.1. The van der Waals surface area contributed by atoms with E-state index in [0.717, 1.165) is 17.0 Å². The van der Waals surface area contributed by atoms with Crippen molar-refractivity contribution >= 4 is 46.5 Å². The fourth-order valence-electron chi connectivity index (χ4n) is 2.80. The summed E-state index contributed by atoms with van der Waals surface area (Å²) >= 11 is 11.7. The number of thiocarbonyl (C=S) groups is 1. The topological polar surface area (TPSA) is 74.7 Å². The molecule has 1 fully saturated rings. The number of nitrogens with one attached hydrogen (secondary N) is 2. The third kappa shape index (κ3) is 5.60. The number of aromatic nitrogens is 2. The maximum absolute atomic E-state index is 6.29. The third-order valence-electron chi connectivity index (χ3n) is 4.09. The Bertz CT molecular complexity index is 878. The predicted molar refractivity (Wildman–Crippen MR) is 117 cm³/mol. The number of benzene rings is 1. The Morgan fingerprint density at radius 3 is 2.43 bits per heavy atom. The largest absolute Gasteiger partial charge is 0.378 e. The van der Waals surface area contributed by atoms with E-state index < -0.39 is 0 Å². The minimum atomic E-state index is 0.295. The molecule has 1 aromatic heterocycles. The minimum absolute atomic E-state index is 0.295. The fourth-order valence-corrected chi connectivity index (χ4v) is 3.27. The number of anilines is 2. The molecule has 1 aliphatic heterocycles. The van der Waals surface area contributed by atoms with Gasteiger partial charge in [-0.25, -0.2) is 9.97 Å². The molecule has 2 aromatic rings. The van der Waals surface area contributed by atoms with E-state index in [0.29, 0.717) is 54.0 Å². The van der Waals surface area contributed by atoms with E-state index in [2.05, 4.69) is 30.5 Å². The van der Waals surface area contributed by atoms with Crippen molar-refractivity contribution in [3.63, 3.8) is 0 Å². The molecule has 7 nitrogen and oxygen atoms in total. The van der Waals surface area contributed by atoms with Crippen LogP contribution in [0.1, 0.15) is 17.0 Å². The number of guanidine groups is 1. The highest BCUT2D eigenvalue weighted by Gasteiger charge is 2.17. The Hall–Kier alpha value is -2.29. The SMILES string of the molecule is Cc1ccc(NC(=S)/N=C(/Nc2nc(C)cc(C)n2)N2CCOCC2)c(Cl)c1. The second-order valence-corrected chi connectivity index (χ2v) is 7.34. The second-order valence-electron chi connectivity index (χ2n) is 6.55. The van der Waals surface area contributed by atoms with Crippen molar-refractivity contribution in [2.45, 2.75) is 20.8 Å². The summed E-state index contributed by atoms with van der Waals surface area (Å²) in [6.45, 7) is 8.48. The number of aryl methyl sites for hydroxylation is 3. The van der Waals surface area contributed by atoms with Crippen molar-refractivity contribution in [1.82, 2.24) is 14.9 Å². The molecule has 3 rings (SSSR count). The number of nitrogens with zero attached hydrogens (tertiary/aromatic N) is 4. The number of halogens is 1. The predicted octanol–water partition coefficient (Wildman–Crippen LogP) is 3.55. The highest BCUT2D eigenvalue weighted by atomic mass is 35.5. The van der Waals surface area contributed by atoms with Crippen LogP contribution in [-0.2, 0) is 4.74 Å².